The summed E-state index contributed by atoms with van der Waals surface area (Å²) >= 11 is 0. The van der Waals surface area contributed by atoms with E-state index in [1.54, 1.807) is 13.3 Å². The van der Waals surface area contributed by atoms with Crippen LogP contribution in [0.4, 0.5) is 11.8 Å². The molecule has 0 unspecified atom stereocenters. The molecule has 7 nitrogen and oxygen atoms in total. The molecule has 0 saturated heterocycles. The number of methoxy groups -OCH3 is 1. The van der Waals surface area contributed by atoms with E-state index in [0.717, 1.165) is 51.4 Å². The molecule has 2 fully saturated rings. The summed E-state index contributed by atoms with van der Waals surface area (Å²) in [4.78, 5) is 8.86. The Hall–Kier alpha value is -1.91. The molecule has 1 aromatic heterocycles. The van der Waals surface area contributed by atoms with Gasteiger partial charge in [0.1, 0.15) is 17.5 Å². The van der Waals surface area contributed by atoms with Crippen molar-refractivity contribution < 1.29 is 9.84 Å². The minimum Gasteiger partial charge on any atom is -0.393 e. The molecule has 0 radical (unpaired) electrons. The highest BCUT2D eigenvalue weighted by atomic mass is 16.5. The lowest BCUT2D eigenvalue weighted by atomic mass is 9.93. The molecule has 1 heterocycles. The number of aliphatic hydroxyl groups excluding tert-OH is 1. The van der Waals surface area contributed by atoms with Crippen LogP contribution in [0.1, 0.15) is 63.4 Å². The number of aromatic nitrogens is 2. The van der Waals surface area contributed by atoms with Crippen molar-refractivity contribution in [1.82, 2.24) is 9.97 Å². The van der Waals surface area contributed by atoms with Crippen molar-refractivity contribution in [3.8, 4) is 6.07 Å². The lowest BCUT2D eigenvalue weighted by Crippen LogP contribution is -2.30. The number of hydrogen-bond donors (Lipinski definition) is 3. The van der Waals surface area contributed by atoms with Crippen LogP contribution in [0, 0.1) is 11.3 Å². The maximum Gasteiger partial charge on any atom is 0.224 e. The molecule has 0 aliphatic heterocycles. The average molecular weight is 359 g/mol. The van der Waals surface area contributed by atoms with E-state index < -0.39 is 0 Å². The molecule has 142 valence electrons. The van der Waals surface area contributed by atoms with Gasteiger partial charge >= 0.3 is 0 Å². The van der Waals surface area contributed by atoms with E-state index in [9.17, 15) is 10.4 Å². The fourth-order valence-electron chi connectivity index (χ4n) is 3.93. The van der Waals surface area contributed by atoms with Crippen LogP contribution in [0.2, 0.25) is 0 Å². The fourth-order valence-corrected chi connectivity index (χ4v) is 3.93. The smallest absolute Gasteiger partial charge is 0.224 e. The van der Waals surface area contributed by atoms with Crippen molar-refractivity contribution >= 4 is 11.8 Å². The van der Waals surface area contributed by atoms with Crippen molar-refractivity contribution in [3.63, 3.8) is 0 Å². The standard InChI is InChI=1S/C19H29N5O2/c1-26-17-8-6-14(7-9-17)23-19-21-12-13(11-20)18(24-19)22-15-4-2-3-5-16(25)10-15/h12,14-17,25H,2-10H2,1H3,(H2,21,22,23,24)/t14?,15-,16-,17?/m1/s1. The Morgan fingerprint density at radius 1 is 1.12 bits per heavy atom. The summed E-state index contributed by atoms with van der Waals surface area (Å²) in [5.74, 6) is 1.12. The monoisotopic (exact) mass is 359 g/mol. The molecule has 2 atom stereocenters. The largest absolute Gasteiger partial charge is 0.393 e. The zero-order chi connectivity index (χ0) is 18.4. The summed E-state index contributed by atoms with van der Waals surface area (Å²) in [6.07, 6.45) is 10.4. The number of anilines is 2. The molecule has 0 spiro atoms. The summed E-state index contributed by atoms with van der Waals surface area (Å²) in [6.45, 7) is 0. The maximum absolute atomic E-state index is 10.0. The van der Waals surface area contributed by atoms with Gasteiger partial charge in [-0.25, -0.2) is 4.98 Å². The Morgan fingerprint density at radius 3 is 2.62 bits per heavy atom. The molecule has 26 heavy (non-hydrogen) atoms. The Kier molecular flexibility index (Phi) is 6.64. The van der Waals surface area contributed by atoms with Crippen molar-refractivity contribution in [2.75, 3.05) is 17.7 Å². The highest BCUT2D eigenvalue weighted by Gasteiger charge is 2.23. The van der Waals surface area contributed by atoms with Crippen LogP contribution >= 0.6 is 0 Å². The van der Waals surface area contributed by atoms with E-state index in [0.29, 0.717) is 35.9 Å². The quantitative estimate of drug-likeness (QED) is 0.695. The molecule has 7 heteroatoms. The van der Waals surface area contributed by atoms with E-state index >= 15 is 0 Å². The molecule has 3 N–H and O–H groups in total. The summed E-state index contributed by atoms with van der Waals surface area (Å²) < 4.78 is 5.42. The Balaban J connectivity index is 1.65. The van der Waals surface area contributed by atoms with Crippen LogP contribution in [-0.2, 0) is 4.74 Å². The van der Waals surface area contributed by atoms with Crippen LogP contribution < -0.4 is 10.6 Å². The molecule has 0 bridgehead atoms. The van der Waals surface area contributed by atoms with E-state index in [-0.39, 0.29) is 12.1 Å². The van der Waals surface area contributed by atoms with Gasteiger partial charge in [-0.3, -0.25) is 0 Å². The van der Waals surface area contributed by atoms with Gasteiger partial charge in [-0.05, 0) is 44.9 Å². The van der Waals surface area contributed by atoms with Crippen molar-refractivity contribution in [2.45, 2.75) is 82.1 Å². The van der Waals surface area contributed by atoms with Crippen LogP contribution in [0.5, 0.6) is 0 Å². The third-order valence-corrected chi connectivity index (χ3v) is 5.49. The van der Waals surface area contributed by atoms with Gasteiger partial charge in [0, 0.05) is 19.2 Å². The normalized spacial score (nSPS) is 29.4. The van der Waals surface area contributed by atoms with E-state index in [1.807, 2.05) is 0 Å². The molecule has 3 rings (SSSR count). The van der Waals surface area contributed by atoms with Gasteiger partial charge in [-0.15, -0.1) is 0 Å². The topological polar surface area (TPSA) is 103 Å². The summed E-state index contributed by atoms with van der Waals surface area (Å²) in [5.41, 5.74) is 0.442. The zero-order valence-corrected chi connectivity index (χ0v) is 15.4. The van der Waals surface area contributed by atoms with Crippen molar-refractivity contribution in [2.24, 2.45) is 0 Å². The van der Waals surface area contributed by atoms with E-state index in [1.165, 1.54) is 0 Å². The lowest BCUT2D eigenvalue weighted by molar-refractivity contribution is 0.0681. The van der Waals surface area contributed by atoms with Crippen molar-refractivity contribution in [1.29, 1.82) is 5.26 Å². The van der Waals surface area contributed by atoms with Gasteiger partial charge in [-0.1, -0.05) is 12.8 Å². The molecule has 2 aliphatic carbocycles. The Labute approximate surface area is 155 Å². The van der Waals surface area contributed by atoms with E-state index in [2.05, 4.69) is 26.7 Å². The number of hydrogen-bond acceptors (Lipinski definition) is 7. The van der Waals surface area contributed by atoms with Crippen molar-refractivity contribution in [3.05, 3.63) is 11.8 Å². The van der Waals surface area contributed by atoms with Crippen LogP contribution in [0.25, 0.3) is 0 Å². The fraction of sp³-hybridized carbons (Fsp3) is 0.737. The van der Waals surface area contributed by atoms with Gasteiger partial charge in [0.2, 0.25) is 5.95 Å². The first-order valence-electron chi connectivity index (χ1n) is 9.69. The maximum atomic E-state index is 10.0. The molecule has 2 saturated carbocycles. The van der Waals surface area contributed by atoms with Crippen LogP contribution in [0.15, 0.2) is 6.20 Å². The minimum atomic E-state index is -0.282. The first kappa shape index (κ1) is 18.9. The third kappa shape index (κ3) is 5.05. The number of nitriles is 1. The molecule has 0 amide bonds. The molecular weight excluding hydrogens is 330 g/mol. The number of rotatable bonds is 5. The van der Waals surface area contributed by atoms with Gasteiger partial charge in [0.25, 0.3) is 0 Å². The van der Waals surface area contributed by atoms with Gasteiger partial charge < -0.3 is 20.5 Å². The second-order valence-corrected chi connectivity index (χ2v) is 7.44. The Morgan fingerprint density at radius 2 is 1.88 bits per heavy atom. The second-order valence-electron chi connectivity index (χ2n) is 7.44. The van der Waals surface area contributed by atoms with Crippen LogP contribution in [0.3, 0.4) is 0 Å². The lowest BCUT2D eigenvalue weighted by Gasteiger charge is -2.28. The third-order valence-electron chi connectivity index (χ3n) is 5.49. The molecule has 1 aromatic rings. The summed E-state index contributed by atoms with van der Waals surface area (Å²) in [5, 5.41) is 26.2. The number of nitrogens with zero attached hydrogens (tertiary/aromatic N) is 3. The molecule has 0 aromatic carbocycles. The first-order chi connectivity index (χ1) is 12.7. The first-order valence-corrected chi connectivity index (χ1v) is 9.69. The van der Waals surface area contributed by atoms with Gasteiger partial charge in [0.05, 0.1) is 18.4 Å². The Bertz CT molecular complexity index is 625. The van der Waals surface area contributed by atoms with Crippen LogP contribution in [-0.4, -0.2) is 46.5 Å². The second kappa shape index (κ2) is 9.15. The summed E-state index contributed by atoms with van der Waals surface area (Å²) in [6, 6.07) is 2.64. The number of aliphatic hydroxyl groups is 1. The van der Waals surface area contributed by atoms with Gasteiger partial charge in [0.15, 0.2) is 0 Å². The van der Waals surface area contributed by atoms with Gasteiger partial charge in [-0.2, -0.15) is 10.2 Å². The highest BCUT2D eigenvalue weighted by molar-refractivity contribution is 5.54. The average Bonchev–Trinajstić information content (AvgIpc) is 2.86. The predicted molar refractivity (Wildman–Crippen MR) is 99.9 cm³/mol. The van der Waals surface area contributed by atoms with E-state index in [4.69, 9.17) is 4.74 Å². The SMILES string of the molecule is COC1CCC(Nc2ncc(C#N)c(N[C@@H]3CCCC[C@@H](O)C3)n2)CC1. The molecule has 2 aliphatic rings. The minimum absolute atomic E-state index is 0.138. The predicted octanol–water partition coefficient (Wildman–Crippen LogP) is 2.82. The number of nitrogens with one attached hydrogen (secondary N) is 2. The summed E-state index contributed by atoms with van der Waals surface area (Å²) in [7, 11) is 1.77. The molecular formula is C19H29N5O2. The number of ether oxygens (including phenoxy) is 1. The zero-order valence-electron chi connectivity index (χ0n) is 15.4. The highest BCUT2D eigenvalue weighted by Crippen LogP contribution is 2.25.